The van der Waals surface area contributed by atoms with Gasteiger partial charge in [-0.3, -0.25) is 0 Å². The largest absolute Gasteiger partial charge is 0.382 e. The molecule has 9 heteroatoms. The number of hydrogen-bond donors (Lipinski definition) is 2. The van der Waals surface area contributed by atoms with Crippen LogP contribution in [0.5, 0.6) is 0 Å². The fourth-order valence-corrected chi connectivity index (χ4v) is 1.65. The van der Waals surface area contributed by atoms with Crippen LogP contribution in [0.15, 0.2) is 18.3 Å². The number of aromatic nitrogens is 1. The molecule has 0 saturated heterocycles. The molecule has 1 aromatic rings. The summed E-state index contributed by atoms with van der Waals surface area (Å²) in [7, 11) is -3.44. The fourth-order valence-electron chi connectivity index (χ4n) is 1.10. The third-order valence-electron chi connectivity index (χ3n) is 1.87. The van der Waals surface area contributed by atoms with Crippen LogP contribution in [0, 0.1) is 10.1 Å². The Morgan fingerprint density at radius 3 is 2.65 bits per heavy atom. The molecule has 1 aromatic heterocycles. The van der Waals surface area contributed by atoms with Crippen LogP contribution in [-0.2, 0) is 10.0 Å². The molecule has 0 aliphatic carbocycles. The third-order valence-corrected chi connectivity index (χ3v) is 2.73. The van der Waals surface area contributed by atoms with Gasteiger partial charge in [0.15, 0.2) is 6.20 Å². The SMILES string of the molecule is NS(=O)(=O)CCCNc1ccc([N+](=O)[O-])nc1. The summed E-state index contributed by atoms with van der Waals surface area (Å²) in [5, 5.41) is 18.0. The predicted molar refractivity (Wildman–Crippen MR) is 62.0 cm³/mol. The molecule has 0 bridgehead atoms. The molecule has 0 aromatic carbocycles. The number of nitrogens with two attached hydrogens (primary N) is 1. The fraction of sp³-hybridized carbons (Fsp3) is 0.375. The third kappa shape index (κ3) is 5.22. The maximum Gasteiger partial charge on any atom is 0.363 e. The molecule has 0 fully saturated rings. The molecule has 3 N–H and O–H groups in total. The van der Waals surface area contributed by atoms with Crippen molar-refractivity contribution in [3.63, 3.8) is 0 Å². The van der Waals surface area contributed by atoms with E-state index in [1.165, 1.54) is 18.3 Å². The number of anilines is 1. The summed E-state index contributed by atoms with van der Waals surface area (Å²) in [5.74, 6) is -0.347. The van der Waals surface area contributed by atoms with Crippen LogP contribution in [0.4, 0.5) is 11.5 Å². The van der Waals surface area contributed by atoms with Gasteiger partial charge in [-0.05, 0) is 22.4 Å². The van der Waals surface area contributed by atoms with Crippen LogP contribution in [0.2, 0.25) is 0 Å². The highest BCUT2D eigenvalue weighted by Gasteiger charge is 2.06. The lowest BCUT2D eigenvalue weighted by Crippen LogP contribution is -2.18. The summed E-state index contributed by atoms with van der Waals surface area (Å²) in [6, 6.07) is 2.77. The first kappa shape index (κ1) is 13.3. The Kier molecular flexibility index (Phi) is 4.35. The summed E-state index contributed by atoms with van der Waals surface area (Å²) in [4.78, 5) is 13.3. The molecule has 0 spiro atoms. The molecule has 0 amide bonds. The molecule has 0 atom stereocenters. The maximum absolute atomic E-state index is 10.6. The minimum Gasteiger partial charge on any atom is -0.382 e. The highest BCUT2D eigenvalue weighted by molar-refractivity contribution is 7.89. The van der Waals surface area contributed by atoms with E-state index < -0.39 is 14.9 Å². The van der Waals surface area contributed by atoms with Crippen LogP contribution < -0.4 is 10.5 Å². The van der Waals surface area contributed by atoms with E-state index in [2.05, 4.69) is 10.3 Å². The summed E-state index contributed by atoms with van der Waals surface area (Å²) in [5.41, 5.74) is 0.588. The molecule has 0 unspecified atom stereocenters. The van der Waals surface area contributed by atoms with Gasteiger partial charge in [0.25, 0.3) is 0 Å². The van der Waals surface area contributed by atoms with Gasteiger partial charge in [0.05, 0.1) is 11.4 Å². The van der Waals surface area contributed by atoms with E-state index in [1.807, 2.05) is 0 Å². The van der Waals surface area contributed by atoms with E-state index in [9.17, 15) is 18.5 Å². The minimum absolute atomic E-state index is 0.111. The van der Waals surface area contributed by atoms with Crippen LogP contribution in [0.1, 0.15) is 6.42 Å². The van der Waals surface area contributed by atoms with E-state index in [0.29, 0.717) is 18.7 Å². The van der Waals surface area contributed by atoms with Gasteiger partial charge in [0.1, 0.15) is 0 Å². The first-order chi connectivity index (χ1) is 7.88. The highest BCUT2D eigenvalue weighted by Crippen LogP contribution is 2.11. The van der Waals surface area contributed by atoms with E-state index in [1.54, 1.807) is 0 Å². The van der Waals surface area contributed by atoms with E-state index >= 15 is 0 Å². The van der Waals surface area contributed by atoms with Crippen molar-refractivity contribution in [2.75, 3.05) is 17.6 Å². The highest BCUT2D eigenvalue weighted by atomic mass is 32.2. The zero-order valence-corrected chi connectivity index (χ0v) is 9.68. The molecule has 1 rings (SSSR count). The van der Waals surface area contributed by atoms with Crippen LogP contribution in [-0.4, -0.2) is 30.6 Å². The van der Waals surface area contributed by atoms with Gasteiger partial charge in [-0.15, -0.1) is 0 Å². The first-order valence-corrected chi connectivity index (χ1v) is 6.45. The molecule has 0 radical (unpaired) electrons. The van der Waals surface area contributed by atoms with Gasteiger partial charge in [-0.2, -0.15) is 0 Å². The summed E-state index contributed by atoms with van der Waals surface area (Å²) < 4.78 is 21.2. The number of nitrogens with one attached hydrogen (secondary N) is 1. The predicted octanol–water partition coefficient (Wildman–Crippen LogP) is 0.0803. The van der Waals surface area contributed by atoms with Gasteiger partial charge in [0.2, 0.25) is 10.0 Å². The Morgan fingerprint density at radius 1 is 1.47 bits per heavy atom. The van der Waals surface area contributed by atoms with Crippen molar-refractivity contribution in [1.82, 2.24) is 4.98 Å². The normalized spacial score (nSPS) is 11.1. The van der Waals surface area contributed by atoms with Gasteiger partial charge < -0.3 is 15.4 Å². The van der Waals surface area contributed by atoms with E-state index in [0.717, 1.165) is 0 Å². The Bertz CT molecular complexity index is 485. The number of pyridine rings is 1. The molecule has 0 saturated carbocycles. The molecular formula is C8H12N4O4S. The lowest BCUT2D eigenvalue weighted by Gasteiger charge is -2.03. The van der Waals surface area contributed by atoms with Crippen molar-refractivity contribution in [3.8, 4) is 0 Å². The molecule has 17 heavy (non-hydrogen) atoms. The van der Waals surface area contributed by atoms with Crippen LogP contribution in [0.3, 0.4) is 0 Å². The molecule has 8 nitrogen and oxygen atoms in total. The zero-order chi connectivity index (χ0) is 12.9. The average Bonchev–Trinajstić information content (AvgIpc) is 2.24. The Balaban J connectivity index is 2.40. The number of nitrogens with zero attached hydrogens (tertiary/aromatic N) is 2. The lowest BCUT2D eigenvalue weighted by atomic mass is 10.4. The molecule has 1 heterocycles. The molecular weight excluding hydrogens is 248 g/mol. The van der Waals surface area contributed by atoms with Crippen molar-refractivity contribution in [2.45, 2.75) is 6.42 Å². The second kappa shape index (κ2) is 5.55. The van der Waals surface area contributed by atoms with Crippen molar-refractivity contribution >= 4 is 21.5 Å². The van der Waals surface area contributed by atoms with Gasteiger partial charge in [-0.1, -0.05) is 0 Å². The lowest BCUT2D eigenvalue weighted by molar-refractivity contribution is -0.389. The molecule has 94 valence electrons. The van der Waals surface area contributed by atoms with Crippen molar-refractivity contribution < 1.29 is 13.3 Å². The van der Waals surface area contributed by atoms with Crippen molar-refractivity contribution in [1.29, 1.82) is 0 Å². The topological polar surface area (TPSA) is 128 Å². The standard InChI is InChI=1S/C8H12N4O4S/c9-17(15,16)5-1-4-10-7-2-3-8(11-6-7)12(13)14/h2-3,6,10H,1,4-5H2,(H2,9,15,16). The number of nitro groups is 1. The van der Waals surface area contributed by atoms with Gasteiger partial charge in [-0.25, -0.2) is 13.6 Å². The molecule has 0 aliphatic heterocycles. The van der Waals surface area contributed by atoms with Crippen LogP contribution in [0.25, 0.3) is 0 Å². The summed E-state index contributed by atoms with van der Waals surface area (Å²) >= 11 is 0. The Labute approximate surface area is 98.0 Å². The Morgan fingerprint density at radius 2 is 2.18 bits per heavy atom. The smallest absolute Gasteiger partial charge is 0.363 e. The maximum atomic E-state index is 10.6. The second-order valence-electron chi connectivity index (χ2n) is 3.31. The molecule has 0 aliphatic rings. The number of hydrogen-bond acceptors (Lipinski definition) is 6. The Hall–Kier alpha value is -1.74. The van der Waals surface area contributed by atoms with Gasteiger partial charge in [0, 0.05) is 12.6 Å². The quantitative estimate of drug-likeness (QED) is 0.423. The number of rotatable bonds is 6. The van der Waals surface area contributed by atoms with Crippen molar-refractivity contribution in [3.05, 3.63) is 28.4 Å². The van der Waals surface area contributed by atoms with Gasteiger partial charge >= 0.3 is 5.82 Å². The minimum atomic E-state index is -3.44. The monoisotopic (exact) mass is 260 g/mol. The zero-order valence-electron chi connectivity index (χ0n) is 8.87. The number of sulfonamides is 1. The summed E-state index contributed by atoms with van der Waals surface area (Å²) in [6.45, 7) is 0.399. The summed E-state index contributed by atoms with van der Waals surface area (Å²) in [6.07, 6.45) is 1.67. The average molecular weight is 260 g/mol. The van der Waals surface area contributed by atoms with E-state index in [-0.39, 0.29) is 11.6 Å². The first-order valence-electron chi connectivity index (χ1n) is 4.73. The van der Waals surface area contributed by atoms with Crippen LogP contribution >= 0.6 is 0 Å². The second-order valence-corrected chi connectivity index (χ2v) is 5.04. The van der Waals surface area contributed by atoms with Crippen molar-refractivity contribution in [2.24, 2.45) is 5.14 Å². The number of primary sulfonamides is 1. The van der Waals surface area contributed by atoms with E-state index in [4.69, 9.17) is 5.14 Å².